The van der Waals surface area contributed by atoms with Crippen LogP contribution in [0, 0.1) is 5.92 Å². The number of nitrogens with zero attached hydrogens (tertiary/aromatic N) is 1. The van der Waals surface area contributed by atoms with E-state index in [1.165, 1.54) is 12.8 Å². The number of aliphatic hydroxyl groups is 1. The molecule has 1 fully saturated rings. The van der Waals surface area contributed by atoms with Crippen molar-refractivity contribution in [3.05, 3.63) is 0 Å². The molecule has 0 aliphatic heterocycles. The highest BCUT2D eigenvalue weighted by Gasteiger charge is 2.28. The molecule has 0 aromatic carbocycles. The third-order valence-corrected chi connectivity index (χ3v) is 3.35. The average Bonchev–Trinajstić information content (AvgIpc) is 2.24. The summed E-state index contributed by atoms with van der Waals surface area (Å²) >= 11 is 0. The van der Waals surface area contributed by atoms with Crippen molar-refractivity contribution in [1.82, 2.24) is 4.90 Å². The van der Waals surface area contributed by atoms with Crippen molar-refractivity contribution >= 4 is 0 Å². The lowest BCUT2D eigenvalue weighted by atomic mass is 9.91. The zero-order valence-electron chi connectivity index (χ0n) is 11.0. The first-order valence-corrected chi connectivity index (χ1v) is 6.56. The Kier molecular flexibility index (Phi) is 6.32. The van der Waals surface area contributed by atoms with Crippen LogP contribution in [0.25, 0.3) is 0 Å². The lowest BCUT2D eigenvalue weighted by molar-refractivity contribution is 0.00389. The first-order chi connectivity index (χ1) is 7.65. The first kappa shape index (κ1) is 13.9. The van der Waals surface area contributed by atoms with Gasteiger partial charge in [-0.05, 0) is 18.8 Å². The molecule has 1 aliphatic carbocycles. The molecule has 0 aromatic rings. The molecule has 16 heavy (non-hydrogen) atoms. The monoisotopic (exact) mass is 229 g/mol. The van der Waals surface area contributed by atoms with Crippen LogP contribution in [0.5, 0.6) is 0 Å². The van der Waals surface area contributed by atoms with Gasteiger partial charge in [0.25, 0.3) is 0 Å². The van der Waals surface area contributed by atoms with Crippen LogP contribution in [0.1, 0.15) is 39.5 Å². The van der Waals surface area contributed by atoms with Crippen molar-refractivity contribution in [2.24, 2.45) is 5.92 Å². The molecule has 1 saturated carbocycles. The molecule has 0 aromatic heterocycles. The molecule has 3 nitrogen and oxygen atoms in total. The second-order valence-corrected chi connectivity index (χ2v) is 5.30. The zero-order chi connectivity index (χ0) is 12.0. The summed E-state index contributed by atoms with van der Waals surface area (Å²) in [6.45, 7) is 7.22. The molecule has 0 radical (unpaired) electrons. The van der Waals surface area contributed by atoms with Gasteiger partial charge in [-0.1, -0.05) is 26.7 Å². The maximum absolute atomic E-state index is 10.1. The van der Waals surface area contributed by atoms with Crippen LogP contribution >= 0.6 is 0 Å². The Balaban J connectivity index is 2.50. The van der Waals surface area contributed by atoms with Gasteiger partial charge in [-0.15, -0.1) is 0 Å². The van der Waals surface area contributed by atoms with E-state index in [-0.39, 0.29) is 6.10 Å². The van der Waals surface area contributed by atoms with Crippen LogP contribution in [0.3, 0.4) is 0 Å². The van der Waals surface area contributed by atoms with Gasteiger partial charge >= 0.3 is 0 Å². The number of aliphatic hydroxyl groups excluding tert-OH is 1. The summed E-state index contributed by atoms with van der Waals surface area (Å²) < 4.78 is 5.16. The fourth-order valence-corrected chi connectivity index (χ4v) is 2.59. The van der Waals surface area contributed by atoms with E-state index < -0.39 is 0 Å². The Morgan fingerprint density at radius 3 is 2.56 bits per heavy atom. The SMILES string of the molecule is COCCN(CC(C)C)[C@H]1CCCC[C@@H]1O. The summed E-state index contributed by atoms with van der Waals surface area (Å²) in [7, 11) is 1.74. The highest BCUT2D eigenvalue weighted by atomic mass is 16.5. The highest BCUT2D eigenvalue weighted by Crippen LogP contribution is 2.23. The molecule has 0 bridgehead atoms. The Labute approximate surface area is 99.8 Å². The molecular weight excluding hydrogens is 202 g/mol. The predicted octanol–water partition coefficient (Wildman–Crippen LogP) is 1.89. The van der Waals surface area contributed by atoms with Crippen molar-refractivity contribution in [2.75, 3.05) is 26.8 Å². The first-order valence-electron chi connectivity index (χ1n) is 6.56. The van der Waals surface area contributed by atoms with E-state index in [0.717, 1.165) is 32.5 Å². The van der Waals surface area contributed by atoms with Crippen LogP contribution in [-0.4, -0.2) is 49.0 Å². The van der Waals surface area contributed by atoms with Crippen LogP contribution in [0.15, 0.2) is 0 Å². The molecule has 2 atom stereocenters. The largest absolute Gasteiger partial charge is 0.391 e. The Bertz CT molecular complexity index is 185. The van der Waals surface area contributed by atoms with Crippen molar-refractivity contribution in [2.45, 2.75) is 51.7 Å². The van der Waals surface area contributed by atoms with Crippen LogP contribution in [-0.2, 0) is 4.74 Å². The minimum Gasteiger partial charge on any atom is -0.391 e. The van der Waals surface area contributed by atoms with Gasteiger partial charge in [0.05, 0.1) is 12.7 Å². The summed E-state index contributed by atoms with van der Waals surface area (Å²) in [5.74, 6) is 0.644. The van der Waals surface area contributed by atoms with Crippen molar-refractivity contribution in [3.8, 4) is 0 Å². The Hall–Kier alpha value is -0.120. The van der Waals surface area contributed by atoms with E-state index in [1.807, 2.05) is 0 Å². The van der Waals surface area contributed by atoms with Gasteiger partial charge in [-0.2, -0.15) is 0 Å². The summed E-state index contributed by atoms with van der Waals surface area (Å²) in [6, 6.07) is 0.353. The Morgan fingerprint density at radius 2 is 2.00 bits per heavy atom. The van der Waals surface area contributed by atoms with Gasteiger partial charge in [0, 0.05) is 26.2 Å². The molecule has 3 heteroatoms. The zero-order valence-corrected chi connectivity index (χ0v) is 11.0. The number of methoxy groups -OCH3 is 1. The standard InChI is InChI=1S/C13H27NO2/c1-11(2)10-14(8-9-16-3)12-6-4-5-7-13(12)15/h11-13,15H,4-10H2,1-3H3/t12-,13-/m0/s1. The second-order valence-electron chi connectivity index (χ2n) is 5.30. The van der Waals surface area contributed by atoms with Crippen molar-refractivity contribution < 1.29 is 9.84 Å². The third kappa shape index (κ3) is 4.40. The summed E-state index contributed by atoms with van der Waals surface area (Å²) in [4.78, 5) is 2.41. The molecule has 0 amide bonds. The molecule has 1 N–H and O–H groups in total. The van der Waals surface area contributed by atoms with Crippen molar-refractivity contribution in [1.29, 1.82) is 0 Å². The normalized spacial score (nSPS) is 26.6. The van der Waals surface area contributed by atoms with Gasteiger partial charge < -0.3 is 9.84 Å². The second kappa shape index (κ2) is 7.25. The summed E-state index contributed by atoms with van der Waals surface area (Å²) in [5, 5.41) is 10.1. The minimum atomic E-state index is -0.135. The van der Waals surface area contributed by atoms with E-state index >= 15 is 0 Å². The number of rotatable bonds is 6. The third-order valence-electron chi connectivity index (χ3n) is 3.35. The number of ether oxygens (including phenoxy) is 1. The molecule has 1 rings (SSSR count). The fraction of sp³-hybridized carbons (Fsp3) is 1.00. The lowest BCUT2D eigenvalue weighted by Gasteiger charge is -2.38. The summed E-state index contributed by atoms with van der Waals surface area (Å²) in [6.07, 6.45) is 4.40. The van der Waals surface area contributed by atoms with E-state index in [1.54, 1.807) is 7.11 Å². The molecule has 1 aliphatic rings. The van der Waals surface area contributed by atoms with E-state index in [9.17, 15) is 5.11 Å². The van der Waals surface area contributed by atoms with Gasteiger partial charge in [0.15, 0.2) is 0 Å². The van der Waals surface area contributed by atoms with Gasteiger partial charge in [0.1, 0.15) is 0 Å². The molecule has 0 saturated heterocycles. The Morgan fingerprint density at radius 1 is 1.31 bits per heavy atom. The number of hydrogen-bond donors (Lipinski definition) is 1. The lowest BCUT2D eigenvalue weighted by Crippen LogP contribution is -2.48. The smallest absolute Gasteiger partial charge is 0.0695 e. The minimum absolute atomic E-state index is 0.135. The van der Waals surface area contributed by atoms with Crippen LogP contribution in [0.4, 0.5) is 0 Å². The molecule has 0 unspecified atom stereocenters. The predicted molar refractivity (Wildman–Crippen MR) is 66.5 cm³/mol. The topological polar surface area (TPSA) is 32.7 Å². The van der Waals surface area contributed by atoms with E-state index in [2.05, 4.69) is 18.7 Å². The fourth-order valence-electron chi connectivity index (χ4n) is 2.59. The molecule has 0 heterocycles. The average molecular weight is 229 g/mol. The quantitative estimate of drug-likeness (QED) is 0.755. The van der Waals surface area contributed by atoms with Crippen molar-refractivity contribution in [3.63, 3.8) is 0 Å². The van der Waals surface area contributed by atoms with Gasteiger partial charge in [-0.3, -0.25) is 4.90 Å². The van der Waals surface area contributed by atoms with Gasteiger partial charge in [0.2, 0.25) is 0 Å². The van der Waals surface area contributed by atoms with Crippen LogP contribution in [0.2, 0.25) is 0 Å². The molecule has 96 valence electrons. The van der Waals surface area contributed by atoms with Crippen LogP contribution < -0.4 is 0 Å². The number of hydrogen-bond acceptors (Lipinski definition) is 3. The van der Waals surface area contributed by atoms with Gasteiger partial charge in [-0.25, -0.2) is 0 Å². The molecule has 0 spiro atoms. The summed E-state index contributed by atoms with van der Waals surface area (Å²) in [5.41, 5.74) is 0. The van der Waals surface area contributed by atoms with E-state index in [0.29, 0.717) is 12.0 Å². The molecular formula is C13H27NO2. The van der Waals surface area contributed by atoms with E-state index in [4.69, 9.17) is 4.74 Å². The maximum atomic E-state index is 10.1. The maximum Gasteiger partial charge on any atom is 0.0695 e. The highest BCUT2D eigenvalue weighted by molar-refractivity contribution is 4.83.